The molecule has 27 heavy (non-hydrogen) atoms. The van der Waals surface area contributed by atoms with Crippen LogP contribution >= 0.6 is 0 Å². The van der Waals surface area contributed by atoms with Crippen molar-refractivity contribution < 1.29 is 28.9 Å². The lowest BCUT2D eigenvalue weighted by Gasteiger charge is -2.45. The van der Waals surface area contributed by atoms with Crippen molar-refractivity contribution in [3.05, 3.63) is 35.9 Å². The Morgan fingerprint density at radius 1 is 1.44 bits per heavy atom. The summed E-state index contributed by atoms with van der Waals surface area (Å²) in [5.41, 5.74) is -1.04. The molecule has 1 aromatic rings. The highest BCUT2D eigenvalue weighted by Crippen LogP contribution is 2.40. The second kappa shape index (κ2) is 7.28. The molecule has 1 aromatic carbocycles. The summed E-state index contributed by atoms with van der Waals surface area (Å²) in [6.07, 6.45) is 1.47. The van der Waals surface area contributed by atoms with Gasteiger partial charge in [-0.3, -0.25) is 9.69 Å². The van der Waals surface area contributed by atoms with Crippen molar-refractivity contribution in [1.29, 1.82) is 5.26 Å². The maximum Gasteiger partial charge on any atom is 0.411 e. The minimum atomic E-state index is -1.85. The fourth-order valence-electron chi connectivity index (χ4n) is 3.45. The molecule has 0 saturated carbocycles. The van der Waals surface area contributed by atoms with Gasteiger partial charge >= 0.3 is 12.1 Å². The molecule has 2 saturated heterocycles. The molecule has 1 N–H and O–H groups in total. The Hall–Kier alpha value is -3.07. The topological polar surface area (TPSA) is 109 Å². The van der Waals surface area contributed by atoms with Crippen molar-refractivity contribution in [1.82, 2.24) is 4.90 Å². The maximum absolute atomic E-state index is 12.6. The van der Waals surface area contributed by atoms with Crippen molar-refractivity contribution in [2.24, 2.45) is 0 Å². The number of ether oxygens (including phenoxy) is 3. The fourth-order valence-corrected chi connectivity index (χ4v) is 3.45. The Kier molecular flexibility index (Phi) is 5.04. The van der Waals surface area contributed by atoms with E-state index < -0.39 is 48.6 Å². The van der Waals surface area contributed by atoms with Crippen LogP contribution in [0.2, 0.25) is 0 Å². The van der Waals surface area contributed by atoms with Gasteiger partial charge in [0.1, 0.15) is 12.1 Å². The van der Waals surface area contributed by atoms with Gasteiger partial charge in [0.05, 0.1) is 6.61 Å². The highest BCUT2D eigenvalue weighted by atomic mass is 16.6. The Balaban J connectivity index is 2.04. The molecule has 8 nitrogen and oxygen atoms in total. The highest BCUT2D eigenvalue weighted by Gasteiger charge is 2.64. The molecular formula is C19H18N2O6. The van der Waals surface area contributed by atoms with Crippen molar-refractivity contribution in [3.8, 4) is 18.4 Å². The average molecular weight is 370 g/mol. The quantitative estimate of drug-likeness (QED) is 0.610. The second-order valence-corrected chi connectivity index (χ2v) is 6.35. The molecule has 8 heteroatoms. The number of aliphatic hydroxyl groups excluding tert-OH is 1. The SMILES string of the molecule is C#CC1O[C@@](C#N)(CO)[C@@H]2OC(=O)N(Cc3ccccc3)[C@@H]2C1OC(C)=O. The van der Waals surface area contributed by atoms with Gasteiger partial charge in [0.2, 0.25) is 5.60 Å². The van der Waals surface area contributed by atoms with Gasteiger partial charge in [-0.2, -0.15) is 5.26 Å². The summed E-state index contributed by atoms with van der Waals surface area (Å²) in [7, 11) is 0. The largest absolute Gasteiger partial charge is 0.456 e. The van der Waals surface area contributed by atoms with Crippen LogP contribution in [0.3, 0.4) is 0 Å². The number of nitrogens with zero attached hydrogens (tertiary/aromatic N) is 2. The van der Waals surface area contributed by atoms with E-state index in [1.165, 1.54) is 11.8 Å². The predicted octanol–water partition coefficient (Wildman–Crippen LogP) is 0.594. The number of esters is 1. The number of hydrogen-bond acceptors (Lipinski definition) is 7. The van der Waals surface area contributed by atoms with Crippen LogP contribution in [0.4, 0.5) is 4.79 Å². The van der Waals surface area contributed by atoms with E-state index in [4.69, 9.17) is 20.6 Å². The Labute approximate surface area is 156 Å². The zero-order valence-electron chi connectivity index (χ0n) is 14.6. The van der Waals surface area contributed by atoms with Crippen LogP contribution < -0.4 is 0 Å². The van der Waals surface area contributed by atoms with Gasteiger partial charge < -0.3 is 19.3 Å². The molecule has 0 aliphatic carbocycles. The number of benzene rings is 1. The highest BCUT2D eigenvalue weighted by molar-refractivity contribution is 5.72. The van der Waals surface area contributed by atoms with E-state index >= 15 is 0 Å². The molecule has 2 heterocycles. The molecule has 0 spiro atoms. The number of hydrogen-bond donors (Lipinski definition) is 1. The average Bonchev–Trinajstić information content (AvgIpc) is 3.00. The molecule has 0 radical (unpaired) electrons. The number of rotatable bonds is 4. The molecule has 3 rings (SSSR count). The van der Waals surface area contributed by atoms with E-state index in [1.807, 2.05) is 36.4 Å². The minimum Gasteiger partial charge on any atom is -0.456 e. The minimum absolute atomic E-state index is 0.156. The van der Waals surface area contributed by atoms with Crippen LogP contribution in [0.1, 0.15) is 12.5 Å². The first-order chi connectivity index (χ1) is 13.0. The molecule has 0 bridgehead atoms. The lowest BCUT2D eigenvalue weighted by molar-refractivity contribution is -0.213. The summed E-state index contributed by atoms with van der Waals surface area (Å²) in [5.74, 6) is 1.72. The number of terminal acetylenes is 1. The Morgan fingerprint density at radius 3 is 2.70 bits per heavy atom. The van der Waals surface area contributed by atoms with Crippen molar-refractivity contribution in [2.45, 2.75) is 43.4 Å². The predicted molar refractivity (Wildman–Crippen MR) is 90.7 cm³/mol. The van der Waals surface area contributed by atoms with Crippen LogP contribution in [0, 0.1) is 23.7 Å². The Bertz CT molecular complexity index is 814. The van der Waals surface area contributed by atoms with Crippen LogP contribution in [-0.4, -0.2) is 58.6 Å². The van der Waals surface area contributed by atoms with Gasteiger partial charge in [-0.1, -0.05) is 36.3 Å². The fraction of sp³-hybridized carbons (Fsp3) is 0.421. The van der Waals surface area contributed by atoms with Gasteiger partial charge in [0.25, 0.3) is 0 Å². The number of aliphatic hydroxyl groups is 1. The third kappa shape index (κ3) is 3.21. The zero-order chi connectivity index (χ0) is 19.6. The molecule has 0 aromatic heterocycles. The van der Waals surface area contributed by atoms with Gasteiger partial charge in [-0.05, 0) is 5.56 Å². The number of amides is 1. The molecule has 2 aliphatic heterocycles. The summed E-state index contributed by atoms with van der Waals surface area (Å²) in [6.45, 7) is 0.630. The van der Waals surface area contributed by atoms with Gasteiger partial charge in [0, 0.05) is 13.5 Å². The smallest absolute Gasteiger partial charge is 0.411 e. The number of nitriles is 1. The van der Waals surface area contributed by atoms with E-state index in [-0.39, 0.29) is 6.54 Å². The maximum atomic E-state index is 12.6. The number of carbonyl (C=O) groups is 2. The summed E-state index contributed by atoms with van der Waals surface area (Å²) >= 11 is 0. The number of fused-ring (bicyclic) bond motifs is 1. The molecular weight excluding hydrogens is 352 g/mol. The third-order valence-electron chi connectivity index (χ3n) is 4.65. The van der Waals surface area contributed by atoms with Crippen molar-refractivity contribution in [3.63, 3.8) is 0 Å². The third-order valence-corrected chi connectivity index (χ3v) is 4.65. The number of carbonyl (C=O) groups excluding carboxylic acids is 2. The van der Waals surface area contributed by atoms with Gasteiger partial charge in [-0.25, -0.2) is 4.79 Å². The lowest BCUT2D eigenvalue weighted by Crippen LogP contribution is -2.67. The zero-order valence-corrected chi connectivity index (χ0v) is 14.6. The molecule has 2 unspecified atom stereocenters. The van der Waals surface area contributed by atoms with Crippen LogP contribution in [0.15, 0.2) is 30.3 Å². The normalized spacial score (nSPS) is 32.0. The lowest BCUT2D eigenvalue weighted by atomic mass is 9.84. The van der Waals surface area contributed by atoms with E-state index in [2.05, 4.69) is 5.92 Å². The second-order valence-electron chi connectivity index (χ2n) is 6.35. The van der Waals surface area contributed by atoms with Crippen molar-refractivity contribution in [2.75, 3.05) is 6.61 Å². The first-order valence-electron chi connectivity index (χ1n) is 8.30. The van der Waals surface area contributed by atoms with E-state index in [9.17, 15) is 20.0 Å². The molecule has 140 valence electrons. The molecule has 2 aliphatic rings. The van der Waals surface area contributed by atoms with E-state index in [1.54, 1.807) is 0 Å². The van der Waals surface area contributed by atoms with Gasteiger partial charge in [-0.15, -0.1) is 6.42 Å². The van der Waals surface area contributed by atoms with E-state index in [0.29, 0.717) is 0 Å². The molecule has 5 atom stereocenters. The Morgan fingerprint density at radius 2 is 2.15 bits per heavy atom. The first kappa shape index (κ1) is 18.7. The summed E-state index contributed by atoms with van der Waals surface area (Å²) in [5, 5.41) is 19.4. The van der Waals surface area contributed by atoms with Crippen LogP contribution in [0.5, 0.6) is 0 Å². The van der Waals surface area contributed by atoms with Crippen LogP contribution in [-0.2, 0) is 25.5 Å². The van der Waals surface area contributed by atoms with Gasteiger partial charge in [0.15, 0.2) is 18.3 Å². The summed E-state index contributed by atoms with van der Waals surface area (Å²) in [6, 6.07) is 10.1. The van der Waals surface area contributed by atoms with Crippen LogP contribution in [0.25, 0.3) is 0 Å². The van der Waals surface area contributed by atoms with Crippen molar-refractivity contribution >= 4 is 12.1 Å². The molecule has 1 amide bonds. The molecule has 2 fully saturated rings. The standard InChI is InChI=1S/C19H18N2O6/c1-3-14-16(25-12(2)23)15-17(19(10-20,11-22)27-14)26-18(24)21(15)9-13-7-5-4-6-8-13/h1,4-8,14-17,22H,9,11H2,2H3/t14?,15-,16?,17-,19+/m1/s1. The van der Waals surface area contributed by atoms with E-state index in [0.717, 1.165) is 5.56 Å². The first-order valence-corrected chi connectivity index (χ1v) is 8.30. The summed E-state index contributed by atoms with van der Waals surface area (Å²) < 4.78 is 16.3. The summed E-state index contributed by atoms with van der Waals surface area (Å²) in [4.78, 5) is 25.5. The monoisotopic (exact) mass is 370 g/mol.